The molecular weight excluding hydrogens is 232 g/mol. The molecule has 6 nitrogen and oxygen atoms in total. The van der Waals surface area contributed by atoms with E-state index in [0.29, 0.717) is 25.2 Å². The second-order valence-electron chi connectivity index (χ2n) is 5.33. The van der Waals surface area contributed by atoms with Crippen molar-refractivity contribution in [2.24, 2.45) is 5.73 Å². The number of nitrogens with one attached hydrogen (secondary N) is 1. The fourth-order valence-corrected chi connectivity index (χ4v) is 2.31. The Morgan fingerprint density at radius 3 is 3.00 bits per heavy atom. The Hall–Kier alpha value is -1.40. The Morgan fingerprint density at radius 1 is 1.72 bits per heavy atom. The third-order valence-electron chi connectivity index (χ3n) is 3.09. The van der Waals surface area contributed by atoms with Crippen LogP contribution in [0.3, 0.4) is 0 Å². The summed E-state index contributed by atoms with van der Waals surface area (Å²) in [6.45, 7) is 7.29. The number of carbonyl (C=O) groups excluding carboxylic acids is 1. The van der Waals surface area contributed by atoms with E-state index >= 15 is 0 Å². The van der Waals surface area contributed by atoms with Crippen molar-refractivity contribution in [2.75, 3.05) is 19.6 Å². The van der Waals surface area contributed by atoms with Gasteiger partial charge in [-0.3, -0.25) is 9.89 Å². The van der Waals surface area contributed by atoms with Crippen molar-refractivity contribution in [3.8, 4) is 0 Å². The summed E-state index contributed by atoms with van der Waals surface area (Å²) >= 11 is 0. The maximum Gasteiger partial charge on any atom is 0.257 e. The number of aryl methyl sites for hydroxylation is 1. The van der Waals surface area contributed by atoms with Crippen LogP contribution in [-0.2, 0) is 4.74 Å². The Kier molecular flexibility index (Phi) is 3.41. The highest BCUT2D eigenvalue weighted by Crippen LogP contribution is 2.22. The normalized spacial score (nSPS) is 23.1. The summed E-state index contributed by atoms with van der Waals surface area (Å²) in [6, 6.07) is 0. The number of hydrogen-bond acceptors (Lipinski definition) is 4. The fraction of sp³-hybridized carbons (Fsp3) is 0.667. The lowest BCUT2D eigenvalue weighted by molar-refractivity contribution is -0.122. The van der Waals surface area contributed by atoms with Gasteiger partial charge in [-0.05, 0) is 20.8 Å². The smallest absolute Gasteiger partial charge is 0.257 e. The average Bonchev–Trinajstić information content (AvgIpc) is 2.72. The standard InChI is InChI=1S/C12H20N4O2/c1-8-10(5-14-15-8)11(17)16-6-9(4-13)18-12(2,3)7-16/h5,9H,4,6-7,13H2,1-3H3,(H,14,15). The minimum atomic E-state index is -0.365. The second kappa shape index (κ2) is 4.70. The molecule has 1 aliphatic rings. The van der Waals surface area contributed by atoms with Crippen LogP contribution >= 0.6 is 0 Å². The van der Waals surface area contributed by atoms with Gasteiger partial charge in [0.05, 0.1) is 23.5 Å². The fourth-order valence-electron chi connectivity index (χ4n) is 2.31. The maximum atomic E-state index is 12.4. The van der Waals surface area contributed by atoms with Crippen LogP contribution < -0.4 is 5.73 Å². The largest absolute Gasteiger partial charge is 0.367 e. The van der Waals surface area contributed by atoms with Gasteiger partial charge in [0.15, 0.2) is 0 Å². The lowest BCUT2D eigenvalue weighted by atomic mass is 10.0. The van der Waals surface area contributed by atoms with Crippen LogP contribution in [0.1, 0.15) is 29.9 Å². The van der Waals surface area contributed by atoms with Gasteiger partial charge in [0.1, 0.15) is 0 Å². The van der Waals surface area contributed by atoms with Gasteiger partial charge in [-0.1, -0.05) is 0 Å². The molecule has 18 heavy (non-hydrogen) atoms. The molecule has 0 bridgehead atoms. The SMILES string of the molecule is Cc1[nH]ncc1C(=O)N1CC(CN)OC(C)(C)C1. The molecule has 1 aromatic heterocycles. The third-order valence-corrected chi connectivity index (χ3v) is 3.09. The highest BCUT2D eigenvalue weighted by molar-refractivity contribution is 5.95. The van der Waals surface area contributed by atoms with E-state index in [1.165, 1.54) is 0 Å². The topological polar surface area (TPSA) is 84.2 Å². The molecular formula is C12H20N4O2. The summed E-state index contributed by atoms with van der Waals surface area (Å²) in [7, 11) is 0. The van der Waals surface area contributed by atoms with Gasteiger partial charge in [-0.25, -0.2) is 0 Å². The van der Waals surface area contributed by atoms with Crippen molar-refractivity contribution < 1.29 is 9.53 Å². The summed E-state index contributed by atoms with van der Waals surface area (Å²) in [5.74, 6) is -0.0175. The molecule has 1 unspecified atom stereocenters. The molecule has 0 aromatic carbocycles. The molecule has 1 saturated heterocycles. The molecule has 2 rings (SSSR count). The molecule has 0 saturated carbocycles. The Labute approximate surface area is 106 Å². The van der Waals surface area contributed by atoms with Gasteiger partial charge >= 0.3 is 0 Å². The van der Waals surface area contributed by atoms with Crippen molar-refractivity contribution in [1.29, 1.82) is 0 Å². The summed E-state index contributed by atoms with van der Waals surface area (Å²) < 4.78 is 5.81. The number of nitrogens with two attached hydrogens (primary N) is 1. The number of ether oxygens (including phenoxy) is 1. The minimum Gasteiger partial charge on any atom is -0.367 e. The van der Waals surface area contributed by atoms with Crippen LogP contribution in [0.25, 0.3) is 0 Å². The lowest BCUT2D eigenvalue weighted by Gasteiger charge is -2.42. The van der Waals surface area contributed by atoms with E-state index in [0.717, 1.165) is 5.69 Å². The zero-order chi connectivity index (χ0) is 13.3. The van der Waals surface area contributed by atoms with E-state index in [4.69, 9.17) is 10.5 Å². The van der Waals surface area contributed by atoms with Crippen LogP contribution in [0, 0.1) is 6.92 Å². The number of H-pyrrole nitrogens is 1. The number of morpholine rings is 1. The molecule has 1 fully saturated rings. The van der Waals surface area contributed by atoms with Gasteiger partial charge < -0.3 is 15.4 Å². The minimum absolute atomic E-state index is 0.0175. The maximum absolute atomic E-state index is 12.4. The Bertz CT molecular complexity index is 441. The molecule has 2 heterocycles. The molecule has 1 amide bonds. The number of amides is 1. The third kappa shape index (κ3) is 2.54. The van der Waals surface area contributed by atoms with E-state index in [2.05, 4.69) is 10.2 Å². The van der Waals surface area contributed by atoms with Crippen molar-refractivity contribution in [3.05, 3.63) is 17.5 Å². The number of rotatable bonds is 2. The monoisotopic (exact) mass is 252 g/mol. The van der Waals surface area contributed by atoms with Crippen LogP contribution in [-0.4, -0.2) is 52.3 Å². The van der Waals surface area contributed by atoms with Gasteiger partial charge in [0.25, 0.3) is 5.91 Å². The summed E-state index contributed by atoms with van der Waals surface area (Å²) in [4.78, 5) is 14.2. The van der Waals surface area contributed by atoms with Gasteiger partial charge in [0, 0.05) is 25.3 Å². The number of aromatic amines is 1. The van der Waals surface area contributed by atoms with Crippen molar-refractivity contribution >= 4 is 5.91 Å². The summed E-state index contributed by atoms with van der Waals surface area (Å²) in [5.41, 5.74) is 6.69. The molecule has 0 aliphatic carbocycles. The molecule has 1 aromatic rings. The average molecular weight is 252 g/mol. The van der Waals surface area contributed by atoms with Gasteiger partial charge in [-0.2, -0.15) is 5.10 Å². The number of hydrogen-bond donors (Lipinski definition) is 2. The number of nitrogens with zero attached hydrogens (tertiary/aromatic N) is 2. The number of aromatic nitrogens is 2. The molecule has 1 atom stereocenters. The van der Waals surface area contributed by atoms with E-state index in [9.17, 15) is 4.79 Å². The van der Waals surface area contributed by atoms with E-state index in [1.807, 2.05) is 20.8 Å². The van der Waals surface area contributed by atoms with E-state index in [-0.39, 0.29) is 17.6 Å². The molecule has 1 aliphatic heterocycles. The van der Waals surface area contributed by atoms with E-state index in [1.54, 1.807) is 11.1 Å². The van der Waals surface area contributed by atoms with Crippen LogP contribution in [0.4, 0.5) is 0 Å². The molecule has 3 N–H and O–H groups in total. The molecule has 0 spiro atoms. The molecule has 100 valence electrons. The first-order valence-electron chi connectivity index (χ1n) is 6.10. The van der Waals surface area contributed by atoms with Crippen molar-refractivity contribution in [3.63, 3.8) is 0 Å². The predicted octanol–water partition coefficient (Wildman–Crippen LogP) is 0.296. The molecule has 0 radical (unpaired) electrons. The van der Waals surface area contributed by atoms with Gasteiger partial charge in [-0.15, -0.1) is 0 Å². The molecule has 6 heteroatoms. The first-order chi connectivity index (χ1) is 8.43. The van der Waals surface area contributed by atoms with Gasteiger partial charge in [0.2, 0.25) is 0 Å². The quantitative estimate of drug-likeness (QED) is 0.792. The van der Waals surface area contributed by atoms with E-state index < -0.39 is 0 Å². The second-order valence-corrected chi connectivity index (χ2v) is 5.33. The van der Waals surface area contributed by atoms with Crippen LogP contribution in [0.15, 0.2) is 6.20 Å². The Morgan fingerprint density at radius 2 is 2.44 bits per heavy atom. The zero-order valence-electron chi connectivity index (χ0n) is 11.1. The first-order valence-corrected chi connectivity index (χ1v) is 6.10. The van der Waals surface area contributed by atoms with Crippen molar-refractivity contribution in [1.82, 2.24) is 15.1 Å². The Balaban J connectivity index is 2.17. The van der Waals surface area contributed by atoms with Crippen molar-refractivity contribution in [2.45, 2.75) is 32.5 Å². The highest BCUT2D eigenvalue weighted by atomic mass is 16.5. The predicted molar refractivity (Wildman–Crippen MR) is 67.2 cm³/mol. The highest BCUT2D eigenvalue weighted by Gasteiger charge is 2.35. The first kappa shape index (κ1) is 13.0. The summed E-state index contributed by atoms with van der Waals surface area (Å²) in [5, 5.41) is 6.67. The lowest BCUT2D eigenvalue weighted by Crippen LogP contribution is -2.56. The van der Waals surface area contributed by atoms with Crippen LogP contribution in [0.2, 0.25) is 0 Å². The van der Waals surface area contributed by atoms with Crippen LogP contribution in [0.5, 0.6) is 0 Å². The number of carbonyl (C=O) groups is 1. The zero-order valence-corrected chi connectivity index (χ0v) is 11.1. The summed E-state index contributed by atoms with van der Waals surface area (Å²) in [6.07, 6.45) is 1.46.